The van der Waals surface area contributed by atoms with Gasteiger partial charge in [-0.1, -0.05) is 18.2 Å². The van der Waals surface area contributed by atoms with E-state index in [4.69, 9.17) is 4.74 Å². The van der Waals surface area contributed by atoms with E-state index in [-0.39, 0.29) is 6.03 Å². The first kappa shape index (κ1) is 18.7. The van der Waals surface area contributed by atoms with Crippen LogP contribution in [0.3, 0.4) is 0 Å². The number of amides is 2. The number of aryl methyl sites for hydroxylation is 1. The predicted molar refractivity (Wildman–Crippen MR) is 92.6 cm³/mol. The second kappa shape index (κ2) is 8.46. The van der Waals surface area contributed by atoms with Gasteiger partial charge in [0.1, 0.15) is 12.4 Å². The Balaban J connectivity index is 1.82. The number of carbonyl (C=O) groups excluding carboxylic acids is 1. The van der Waals surface area contributed by atoms with Gasteiger partial charge < -0.3 is 15.0 Å². The summed E-state index contributed by atoms with van der Waals surface area (Å²) >= 11 is 0. The molecule has 2 aromatic carbocycles. The molecule has 0 unspecified atom stereocenters. The van der Waals surface area contributed by atoms with E-state index in [0.29, 0.717) is 18.7 Å². The minimum Gasteiger partial charge on any atom is -0.492 e. The van der Waals surface area contributed by atoms with Crippen molar-refractivity contribution in [2.24, 2.45) is 0 Å². The Kier molecular flexibility index (Phi) is 6.33. The molecule has 0 heterocycles. The Labute approximate surface area is 146 Å². The van der Waals surface area contributed by atoms with Gasteiger partial charge in [0.15, 0.2) is 11.6 Å². The summed E-state index contributed by atoms with van der Waals surface area (Å²) in [6.45, 7) is 4.39. The molecule has 0 fully saturated rings. The molecule has 0 aliphatic heterocycles. The van der Waals surface area contributed by atoms with Crippen molar-refractivity contribution in [3.63, 3.8) is 0 Å². The van der Waals surface area contributed by atoms with Gasteiger partial charge in [-0.25, -0.2) is 13.6 Å². The van der Waals surface area contributed by atoms with Crippen molar-refractivity contribution in [2.75, 3.05) is 20.2 Å². The number of hydrogen-bond acceptors (Lipinski definition) is 2. The number of hydrogen-bond donors (Lipinski definition) is 1. The van der Waals surface area contributed by atoms with Crippen molar-refractivity contribution in [2.45, 2.75) is 19.9 Å². The summed E-state index contributed by atoms with van der Waals surface area (Å²) < 4.78 is 31.9. The average Bonchev–Trinajstić information content (AvgIpc) is 2.59. The maximum Gasteiger partial charge on any atom is 0.317 e. The van der Waals surface area contributed by atoms with E-state index in [0.717, 1.165) is 23.4 Å². The van der Waals surface area contributed by atoms with Crippen molar-refractivity contribution < 1.29 is 18.3 Å². The number of nitrogens with zero attached hydrogens (tertiary/aromatic N) is 1. The standard InChI is InChI=1S/C19H22F2N2O2/c1-13-5-4-6-16(11-13)25-10-9-22-19(24)23(3)14(2)15-7-8-17(20)18(21)12-15/h4-8,11-12,14H,9-10H2,1-3H3,(H,22,24)/t14-/m1/s1. The van der Waals surface area contributed by atoms with Crippen LogP contribution in [0.4, 0.5) is 13.6 Å². The molecular weight excluding hydrogens is 326 g/mol. The number of ether oxygens (including phenoxy) is 1. The third kappa shape index (κ3) is 5.17. The first-order valence-electron chi connectivity index (χ1n) is 8.03. The van der Waals surface area contributed by atoms with Crippen LogP contribution in [0.2, 0.25) is 0 Å². The largest absolute Gasteiger partial charge is 0.492 e. The lowest BCUT2D eigenvalue weighted by molar-refractivity contribution is 0.191. The highest BCUT2D eigenvalue weighted by Gasteiger charge is 2.18. The van der Waals surface area contributed by atoms with E-state index < -0.39 is 17.7 Å². The second-order valence-electron chi connectivity index (χ2n) is 5.86. The van der Waals surface area contributed by atoms with Gasteiger partial charge in [0.25, 0.3) is 0 Å². The van der Waals surface area contributed by atoms with Crippen LogP contribution in [-0.4, -0.2) is 31.1 Å². The molecule has 1 N–H and O–H groups in total. The average molecular weight is 348 g/mol. The number of rotatable bonds is 6. The van der Waals surface area contributed by atoms with Gasteiger partial charge in [-0.05, 0) is 49.2 Å². The quantitative estimate of drug-likeness (QED) is 0.800. The molecule has 6 heteroatoms. The molecule has 0 radical (unpaired) electrons. The fourth-order valence-electron chi connectivity index (χ4n) is 2.33. The zero-order valence-electron chi connectivity index (χ0n) is 14.6. The number of benzene rings is 2. The fourth-order valence-corrected chi connectivity index (χ4v) is 2.33. The van der Waals surface area contributed by atoms with Crippen LogP contribution in [0, 0.1) is 18.6 Å². The van der Waals surface area contributed by atoms with Gasteiger partial charge in [0.2, 0.25) is 0 Å². The summed E-state index contributed by atoms with van der Waals surface area (Å²) in [7, 11) is 1.60. The molecule has 0 aromatic heterocycles. The van der Waals surface area contributed by atoms with Crippen LogP contribution in [0.15, 0.2) is 42.5 Å². The molecule has 25 heavy (non-hydrogen) atoms. The van der Waals surface area contributed by atoms with Crippen LogP contribution >= 0.6 is 0 Å². The van der Waals surface area contributed by atoms with Crippen LogP contribution in [-0.2, 0) is 0 Å². The molecular formula is C19H22F2N2O2. The summed E-state index contributed by atoms with van der Waals surface area (Å²) in [6, 6.07) is 10.6. The number of halogens is 2. The first-order chi connectivity index (χ1) is 11.9. The maximum atomic E-state index is 13.3. The predicted octanol–water partition coefficient (Wildman–Crippen LogP) is 4.05. The molecule has 4 nitrogen and oxygen atoms in total. The molecule has 0 bridgehead atoms. The molecule has 0 aliphatic carbocycles. The smallest absolute Gasteiger partial charge is 0.317 e. The molecule has 2 aromatic rings. The van der Waals surface area contributed by atoms with Gasteiger partial charge in [0.05, 0.1) is 12.6 Å². The summed E-state index contributed by atoms with van der Waals surface area (Å²) in [6.07, 6.45) is 0. The third-order valence-corrected chi connectivity index (χ3v) is 3.96. The van der Waals surface area contributed by atoms with E-state index in [1.54, 1.807) is 14.0 Å². The van der Waals surface area contributed by atoms with Gasteiger partial charge in [0, 0.05) is 7.05 Å². The van der Waals surface area contributed by atoms with Gasteiger partial charge in [-0.3, -0.25) is 0 Å². The second-order valence-corrected chi connectivity index (χ2v) is 5.86. The van der Waals surface area contributed by atoms with E-state index in [9.17, 15) is 13.6 Å². The Morgan fingerprint density at radius 2 is 1.96 bits per heavy atom. The Morgan fingerprint density at radius 1 is 1.20 bits per heavy atom. The van der Waals surface area contributed by atoms with Crippen LogP contribution in [0.25, 0.3) is 0 Å². The van der Waals surface area contributed by atoms with Gasteiger partial charge in [-0.2, -0.15) is 0 Å². The lowest BCUT2D eigenvalue weighted by Crippen LogP contribution is -2.40. The van der Waals surface area contributed by atoms with Crippen molar-refractivity contribution in [3.8, 4) is 5.75 Å². The normalized spacial score (nSPS) is 11.7. The zero-order chi connectivity index (χ0) is 18.4. The van der Waals surface area contributed by atoms with Crippen molar-refractivity contribution in [3.05, 3.63) is 65.2 Å². The van der Waals surface area contributed by atoms with E-state index in [1.165, 1.54) is 11.0 Å². The molecule has 0 aliphatic rings. The Bertz CT molecular complexity index is 737. The molecule has 0 saturated heterocycles. The highest BCUT2D eigenvalue weighted by molar-refractivity contribution is 5.74. The Hall–Kier alpha value is -2.63. The molecule has 1 atom stereocenters. The van der Waals surface area contributed by atoms with E-state index in [2.05, 4.69) is 5.32 Å². The highest BCUT2D eigenvalue weighted by Crippen LogP contribution is 2.20. The van der Waals surface area contributed by atoms with Crippen LogP contribution in [0.1, 0.15) is 24.1 Å². The molecule has 2 amide bonds. The van der Waals surface area contributed by atoms with Gasteiger partial charge in [-0.15, -0.1) is 0 Å². The highest BCUT2D eigenvalue weighted by atomic mass is 19.2. The fraction of sp³-hybridized carbons (Fsp3) is 0.316. The van der Waals surface area contributed by atoms with E-state index in [1.807, 2.05) is 31.2 Å². The number of nitrogens with one attached hydrogen (secondary N) is 1. The number of carbonyl (C=O) groups is 1. The minimum absolute atomic E-state index is 0.315. The molecule has 134 valence electrons. The third-order valence-electron chi connectivity index (χ3n) is 3.96. The monoisotopic (exact) mass is 348 g/mol. The summed E-state index contributed by atoms with van der Waals surface area (Å²) in [5.74, 6) is -1.08. The summed E-state index contributed by atoms with van der Waals surface area (Å²) in [5, 5.41) is 2.74. The molecule has 2 rings (SSSR count). The maximum absolute atomic E-state index is 13.3. The van der Waals surface area contributed by atoms with Crippen molar-refractivity contribution in [1.82, 2.24) is 10.2 Å². The topological polar surface area (TPSA) is 41.6 Å². The molecule has 0 spiro atoms. The zero-order valence-corrected chi connectivity index (χ0v) is 14.6. The number of urea groups is 1. The Morgan fingerprint density at radius 3 is 2.64 bits per heavy atom. The van der Waals surface area contributed by atoms with E-state index >= 15 is 0 Å². The van der Waals surface area contributed by atoms with Crippen molar-refractivity contribution in [1.29, 1.82) is 0 Å². The van der Waals surface area contributed by atoms with Crippen LogP contribution < -0.4 is 10.1 Å². The first-order valence-corrected chi connectivity index (χ1v) is 8.03. The SMILES string of the molecule is Cc1cccc(OCCNC(=O)N(C)[C@H](C)c2ccc(F)c(F)c2)c1. The minimum atomic E-state index is -0.926. The lowest BCUT2D eigenvalue weighted by Gasteiger charge is -2.25. The van der Waals surface area contributed by atoms with Gasteiger partial charge >= 0.3 is 6.03 Å². The van der Waals surface area contributed by atoms with Crippen molar-refractivity contribution >= 4 is 6.03 Å². The van der Waals surface area contributed by atoms with Crippen LogP contribution in [0.5, 0.6) is 5.75 Å². The lowest BCUT2D eigenvalue weighted by atomic mass is 10.1. The summed E-state index contributed by atoms with van der Waals surface area (Å²) in [5.41, 5.74) is 1.62. The summed E-state index contributed by atoms with van der Waals surface area (Å²) in [4.78, 5) is 13.6. The molecule has 0 saturated carbocycles.